The fourth-order valence-electron chi connectivity index (χ4n) is 2.15. The molecule has 102 valence electrons. The van der Waals surface area contributed by atoms with E-state index in [0.717, 1.165) is 12.8 Å². The lowest BCUT2D eigenvalue weighted by atomic mass is 9.82. The second kappa shape index (κ2) is 4.99. The maximum Gasteiger partial charge on any atom is 0.354 e. The highest BCUT2D eigenvalue weighted by Gasteiger charge is 2.28. The average Bonchev–Trinajstić information content (AvgIpc) is 2.38. The third kappa shape index (κ3) is 3.10. The Bertz CT molecular complexity index is 501. The van der Waals surface area contributed by atoms with Gasteiger partial charge in [0.1, 0.15) is 11.4 Å². The summed E-state index contributed by atoms with van der Waals surface area (Å²) in [6, 6.07) is 4.50. The molecule has 0 radical (unpaired) electrons. The van der Waals surface area contributed by atoms with Crippen LogP contribution in [-0.2, 0) is 0 Å². The first kappa shape index (κ1) is 13.5. The lowest BCUT2D eigenvalue weighted by molar-refractivity contribution is 0.0624. The number of hydrogen-bond acceptors (Lipinski definition) is 3. The van der Waals surface area contributed by atoms with Gasteiger partial charge in [-0.3, -0.25) is 4.79 Å². The van der Waals surface area contributed by atoms with E-state index in [1.54, 1.807) is 17.0 Å². The number of aromatic nitrogens is 1. The second-order valence-corrected chi connectivity index (χ2v) is 5.67. The zero-order chi connectivity index (χ0) is 14.0. The molecule has 0 bridgehead atoms. The van der Waals surface area contributed by atoms with Gasteiger partial charge in [-0.15, -0.1) is 0 Å². The standard InChI is InChI=1S/C14H18N2O3/c1-14(2)6-8-16(9-7-14)12(17)10-4-3-5-11(15-10)13(18)19/h3-5H,6-9H2,1-2H3,(H,18,19). The van der Waals surface area contributed by atoms with E-state index in [4.69, 9.17) is 5.11 Å². The molecule has 0 aliphatic carbocycles. The number of carboxylic acid groups (broad SMARTS) is 1. The summed E-state index contributed by atoms with van der Waals surface area (Å²) in [6.45, 7) is 5.78. The summed E-state index contributed by atoms with van der Waals surface area (Å²) in [5.74, 6) is -1.30. The Morgan fingerprint density at radius 3 is 2.37 bits per heavy atom. The van der Waals surface area contributed by atoms with Crippen molar-refractivity contribution in [2.75, 3.05) is 13.1 Å². The molecule has 1 saturated heterocycles. The van der Waals surface area contributed by atoms with Crippen LogP contribution in [0.1, 0.15) is 47.7 Å². The first-order valence-corrected chi connectivity index (χ1v) is 6.39. The molecule has 0 spiro atoms. The molecular formula is C14H18N2O3. The third-order valence-electron chi connectivity index (χ3n) is 3.59. The van der Waals surface area contributed by atoms with Crippen molar-refractivity contribution in [3.63, 3.8) is 0 Å². The lowest BCUT2D eigenvalue weighted by Gasteiger charge is -2.36. The number of aromatic carboxylic acids is 1. The molecule has 5 nitrogen and oxygen atoms in total. The first-order chi connectivity index (χ1) is 8.89. The number of amides is 1. The van der Waals surface area contributed by atoms with Crippen molar-refractivity contribution in [2.45, 2.75) is 26.7 Å². The van der Waals surface area contributed by atoms with E-state index >= 15 is 0 Å². The van der Waals surface area contributed by atoms with E-state index in [0.29, 0.717) is 13.1 Å². The maximum absolute atomic E-state index is 12.3. The minimum atomic E-state index is -1.12. The van der Waals surface area contributed by atoms with Crippen LogP contribution in [0.3, 0.4) is 0 Å². The number of piperidine rings is 1. The highest BCUT2D eigenvalue weighted by atomic mass is 16.4. The predicted molar refractivity (Wildman–Crippen MR) is 70.1 cm³/mol. The second-order valence-electron chi connectivity index (χ2n) is 5.67. The van der Waals surface area contributed by atoms with Crippen LogP contribution in [0.15, 0.2) is 18.2 Å². The zero-order valence-electron chi connectivity index (χ0n) is 11.2. The number of hydrogen-bond donors (Lipinski definition) is 1. The molecule has 0 unspecified atom stereocenters. The number of carbonyl (C=O) groups is 2. The van der Waals surface area contributed by atoms with Crippen molar-refractivity contribution in [1.29, 1.82) is 0 Å². The molecule has 1 aliphatic heterocycles. The third-order valence-corrected chi connectivity index (χ3v) is 3.59. The number of likely N-dealkylation sites (tertiary alicyclic amines) is 1. The van der Waals surface area contributed by atoms with Crippen LogP contribution in [-0.4, -0.2) is 40.0 Å². The van der Waals surface area contributed by atoms with Crippen LogP contribution in [0.2, 0.25) is 0 Å². The molecule has 0 saturated carbocycles. The van der Waals surface area contributed by atoms with E-state index in [-0.39, 0.29) is 22.7 Å². The Morgan fingerprint density at radius 1 is 1.21 bits per heavy atom. The van der Waals surface area contributed by atoms with Crippen LogP contribution in [0, 0.1) is 5.41 Å². The van der Waals surface area contributed by atoms with Crippen LogP contribution in [0.4, 0.5) is 0 Å². The Hall–Kier alpha value is -1.91. The van der Waals surface area contributed by atoms with Gasteiger partial charge in [-0.2, -0.15) is 0 Å². The predicted octanol–water partition coefficient (Wildman–Crippen LogP) is 2.04. The molecule has 1 fully saturated rings. The van der Waals surface area contributed by atoms with Gasteiger partial charge in [-0.05, 0) is 30.4 Å². The Labute approximate surface area is 112 Å². The monoisotopic (exact) mass is 262 g/mol. The Morgan fingerprint density at radius 2 is 1.79 bits per heavy atom. The normalized spacial score (nSPS) is 18.1. The summed E-state index contributed by atoms with van der Waals surface area (Å²) in [5.41, 5.74) is 0.385. The van der Waals surface area contributed by atoms with E-state index in [1.807, 2.05) is 0 Å². The van der Waals surface area contributed by atoms with Crippen molar-refractivity contribution in [3.8, 4) is 0 Å². The fourth-order valence-corrected chi connectivity index (χ4v) is 2.15. The molecular weight excluding hydrogens is 244 g/mol. The SMILES string of the molecule is CC1(C)CCN(C(=O)c2cccc(C(=O)O)n2)CC1. The molecule has 19 heavy (non-hydrogen) atoms. The summed E-state index contributed by atoms with van der Waals surface area (Å²) >= 11 is 0. The summed E-state index contributed by atoms with van der Waals surface area (Å²) in [7, 11) is 0. The van der Waals surface area contributed by atoms with Crippen molar-refractivity contribution in [1.82, 2.24) is 9.88 Å². The van der Waals surface area contributed by atoms with Crippen LogP contribution in [0.5, 0.6) is 0 Å². The number of nitrogens with zero attached hydrogens (tertiary/aromatic N) is 2. The molecule has 1 aromatic heterocycles. The number of carbonyl (C=O) groups excluding carboxylic acids is 1. The molecule has 5 heteroatoms. The smallest absolute Gasteiger partial charge is 0.354 e. The summed E-state index contributed by atoms with van der Waals surface area (Å²) in [6.07, 6.45) is 1.91. The summed E-state index contributed by atoms with van der Waals surface area (Å²) in [4.78, 5) is 28.7. The van der Waals surface area contributed by atoms with Crippen molar-refractivity contribution >= 4 is 11.9 Å². The van der Waals surface area contributed by atoms with Gasteiger partial charge in [0.15, 0.2) is 0 Å². The van der Waals surface area contributed by atoms with Gasteiger partial charge in [-0.25, -0.2) is 9.78 Å². The molecule has 2 heterocycles. The quantitative estimate of drug-likeness (QED) is 0.885. The van der Waals surface area contributed by atoms with Gasteiger partial charge in [0.2, 0.25) is 0 Å². The van der Waals surface area contributed by atoms with Gasteiger partial charge in [0.25, 0.3) is 5.91 Å². The molecule has 1 amide bonds. The van der Waals surface area contributed by atoms with Gasteiger partial charge in [0, 0.05) is 13.1 Å². The average molecular weight is 262 g/mol. The fraction of sp³-hybridized carbons (Fsp3) is 0.500. The van der Waals surface area contributed by atoms with Crippen molar-refractivity contribution in [3.05, 3.63) is 29.6 Å². The molecule has 1 N–H and O–H groups in total. The Balaban J connectivity index is 2.12. The van der Waals surface area contributed by atoms with E-state index < -0.39 is 5.97 Å². The molecule has 0 aromatic carbocycles. The van der Waals surface area contributed by atoms with Gasteiger partial charge < -0.3 is 10.0 Å². The van der Waals surface area contributed by atoms with E-state index in [1.165, 1.54) is 6.07 Å². The van der Waals surface area contributed by atoms with Crippen LogP contribution >= 0.6 is 0 Å². The lowest BCUT2D eigenvalue weighted by Crippen LogP contribution is -2.41. The van der Waals surface area contributed by atoms with Crippen molar-refractivity contribution in [2.24, 2.45) is 5.41 Å². The number of rotatable bonds is 2. The summed E-state index contributed by atoms with van der Waals surface area (Å²) in [5, 5.41) is 8.88. The van der Waals surface area contributed by atoms with Gasteiger partial charge in [-0.1, -0.05) is 19.9 Å². The maximum atomic E-state index is 12.3. The molecule has 2 rings (SSSR count). The zero-order valence-corrected chi connectivity index (χ0v) is 11.2. The number of pyridine rings is 1. The molecule has 1 aromatic rings. The number of carboxylic acids is 1. The highest BCUT2D eigenvalue weighted by Crippen LogP contribution is 2.30. The Kier molecular flexibility index (Phi) is 3.55. The van der Waals surface area contributed by atoms with Crippen LogP contribution in [0.25, 0.3) is 0 Å². The minimum absolute atomic E-state index is 0.0943. The van der Waals surface area contributed by atoms with Gasteiger partial charge in [0.05, 0.1) is 0 Å². The van der Waals surface area contributed by atoms with Gasteiger partial charge >= 0.3 is 5.97 Å². The minimum Gasteiger partial charge on any atom is -0.477 e. The highest BCUT2D eigenvalue weighted by molar-refractivity contribution is 5.94. The van der Waals surface area contributed by atoms with E-state index in [9.17, 15) is 9.59 Å². The molecule has 0 atom stereocenters. The topological polar surface area (TPSA) is 70.5 Å². The first-order valence-electron chi connectivity index (χ1n) is 6.39. The van der Waals surface area contributed by atoms with Crippen molar-refractivity contribution < 1.29 is 14.7 Å². The summed E-state index contributed by atoms with van der Waals surface area (Å²) < 4.78 is 0. The van der Waals surface area contributed by atoms with E-state index in [2.05, 4.69) is 18.8 Å². The largest absolute Gasteiger partial charge is 0.477 e. The van der Waals surface area contributed by atoms with Crippen LogP contribution < -0.4 is 0 Å². The molecule has 1 aliphatic rings.